The molecule has 0 aliphatic heterocycles. The zero-order chi connectivity index (χ0) is 10.4. The molecule has 0 spiro atoms. The number of hydrogen-bond donors (Lipinski definition) is 1. The SMILES string of the molecule is CCC[C@@H](O)c1ccc(SCC)cc1. The molecule has 0 unspecified atom stereocenters. The summed E-state index contributed by atoms with van der Waals surface area (Å²) in [7, 11) is 0. The van der Waals surface area contributed by atoms with Crippen LogP contribution in [0.1, 0.15) is 38.4 Å². The van der Waals surface area contributed by atoms with Crippen LogP contribution in [0.15, 0.2) is 29.2 Å². The molecule has 0 amide bonds. The summed E-state index contributed by atoms with van der Waals surface area (Å²) in [6, 6.07) is 8.22. The first-order valence-corrected chi connectivity index (χ1v) is 6.17. The third-order valence-electron chi connectivity index (χ3n) is 2.14. The van der Waals surface area contributed by atoms with E-state index >= 15 is 0 Å². The lowest BCUT2D eigenvalue weighted by Gasteiger charge is -2.09. The molecular formula is C12H18OS. The number of aliphatic hydroxyl groups excluding tert-OH is 1. The summed E-state index contributed by atoms with van der Waals surface area (Å²) in [5.74, 6) is 1.09. The van der Waals surface area contributed by atoms with Crippen molar-refractivity contribution in [2.24, 2.45) is 0 Å². The van der Waals surface area contributed by atoms with E-state index in [1.807, 2.05) is 23.9 Å². The molecule has 1 aromatic carbocycles. The summed E-state index contributed by atoms with van der Waals surface area (Å²) in [5.41, 5.74) is 1.03. The van der Waals surface area contributed by atoms with E-state index in [0.29, 0.717) is 0 Å². The fourth-order valence-electron chi connectivity index (χ4n) is 1.39. The Labute approximate surface area is 90.5 Å². The van der Waals surface area contributed by atoms with Crippen molar-refractivity contribution in [1.82, 2.24) is 0 Å². The van der Waals surface area contributed by atoms with Gasteiger partial charge < -0.3 is 5.11 Å². The predicted molar refractivity (Wildman–Crippen MR) is 62.7 cm³/mol. The van der Waals surface area contributed by atoms with Crippen LogP contribution >= 0.6 is 11.8 Å². The van der Waals surface area contributed by atoms with Crippen molar-refractivity contribution in [3.8, 4) is 0 Å². The van der Waals surface area contributed by atoms with Gasteiger partial charge in [-0.3, -0.25) is 0 Å². The Morgan fingerprint density at radius 3 is 2.36 bits per heavy atom. The first kappa shape index (κ1) is 11.6. The smallest absolute Gasteiger partial charge is 0.0790 e. The van der Waals surface area contributed by atoms with Crippen molar-refractivity contribution in [2.75, 3.05) is 5.75 Å². The topological polar surface area (TPSA) is 20.2 Å². The summed E-state index contributed by atoms with van der Waals surface area (Å²) in [6.45, 7) is 4.23. The highest BCUT2D eigenvalue weighted by atomic mass is 32.2. The van der Waals surface area contributed by atoms with Crippen molar-refractivity contribution in [3.05, 3.63) is 29.8 Å². The molecule has 0 saturated carbocycles. The van der Waals surface area contributed by atoms with Crippen LogP contribution in [0.25, 0.3) is 0 Å². The van der Waals surface area contributed by atoms with E-state index in [4.69, 9.17) is 0 Å². The third-order valence-corrected chi connectivity index (χ3v) is 3.03. The monoisotopic (exact) mass is 210 g/mol. The molecular weight excluding hydrogens is 192 g/mol. The molecule has 0 radical (unpaired) electrons. The average Bonchev–Trinajstić information content (AvgIpc) is 2.20. The molecule has 2 heteroatoms. The van der Waals surface area contributed by atoms with E-state index in [9.17, 15) is 5.11 Å². The van der Waals surface area contributed by atoms with Gasteiger partial charge in [0.1, 0.15) is 0 Å². The standard InChI is InChI=1S/C12H18OS/c1-3-5-12(13)10-6-8-11(9-7-10)14-4-2/h6-9,12-13H,3-5H2,1-2H3/t12-/m1/s1. The molecule has 78 valence electrons. The first-order valence-electron chi connectivity index (χ1n) is 5.18. The molecule has 1 aromatic rings. The van der Waals surface area contributed by atoms with E-state index in [2.05, 4.69) is 26.0 Å². The maximum atomic E-state index is 9.73. The minimum atomic E-state index is -0.291. The number of aliphatic hydroxyl groups is 1. The van der Waals surface area contributed by atoms with E-state index < -0.39 is 0 Å². The number of hydrogen-bond acceptors (Lipinski definition) is 2. The van der Waals surface area contributed by atoms with Crippen LogP contribution in [-0.2, 0) is 0 Å². The normalized spacial score (nSPS) is 12.8. The van der Waals surface area contributed by atoms with Crippen molar-refractivity contribution in [1.29, 1.82) is 0 Å². The van der Waals surface area contributed by atoms with Gasteiger partial charge in [-0.1, -0.05) is 32.4 Å². The summed E-state index contributed by atoms with van der Waals surface area (Å²) in [5, 5.41) is 9.73. The van der Waals surface area contributed by atoms with Gasteiger partial charge in [-0.15, -0.1) is 11.8 Å². The minimum absolute atomic E-state index is 0.291. The maximum absolute atomic E-state index is 9.73. The lowest BCUT2D eigenvalue weighted by molar-refractivity contribution is 0.166. The fraction of sp³-hybridized carbons (Fsp3) is 0.500. The van der Waals surface area contributed by atoms with Crippen molar-refractivity contribution < 1.29 is 5.11 Å². The quantitative estimate of drug-likeness (QED) is 0.749. The van der Waals surface area contributed by atoms with Crippen LogP contribution in [0.5, 0.6) is 0 Å². The number of rotatable bonds is 5. The van der Waals surface area contributed by atoms with Crippen LogP contribution in [0, 0.1) is 0 Å². The fourth-order valence-corrected chi connectivity index (χ4v) is 2.05. The van der Waals surface area contributed by atoms with Crippen LogP contribution in [0.4, 0.5) is 0 Å². The summed E-state index contributed by atoms with van der Waals surface area (Å²) in [4.78, 5) is 1.28. The van der Waals surface area contributed by atoms with Gasteiger partial charge in [-0.2, -0.15) is 0 Å². The molecule has 1 rings (SSSR count). The molecule has 1 nitrogen and oxygen atoms in total. The molecule has 0 bridgehead atoms. The minimum Gasteiger partial charge on any atom is -0.388 e. The van der Waals surface area contributed by atoms with Gasteiger partial charge in [0, 0.05) is 4.90 Å². The van der Waals surface area contributed by atoms with E-state index in [-0.39, 0.29) is 6.10 Å². The van der Waals surface area contributed by atoms with Crippen molar-refractivity contribution in [2.45, 2.75) is 37.7 Å². The molecule has 0 aromatic heterocycles. The average molecular weight is 210 g/mol. The highest BCUT2D eigenvalue weighted by Gasteiger charge is 2.05. The second-order valence-electron chi connectivity index (χ2n) is 3.31. The highest BCUT2D eigenvalue weighted by molar-refractivity contribution is 7.99. The Hall–Kier alpha value is -0.470. The molecule has 1 N–H and O–H groups in total. The van der Waals surface area contributed by atoms with Crippen LogP contribution in [-0.4, -0.2) is 10.9 Å². The second-order valence-corrected chi connectivity index (χ2v) is 4.64. The Balaban J connectivity index is 2.62. The van der Waals surface area contributed by atoms with Crippen LogP contribution < -0.4 is 0 Å². The van der Waals surface area contributed by atoms with Gasteiger partial charge in [0.2, 0.25) is 0 Å². The first-order chi connectivity index (χ1) is 6.77. The van der Waals surface area contributed by atoms with Gasteiger partial charge in [0.05, 0.1) is 6.10 Å². The molecule has 1 atom stereocenters. The molecule has 0 aliphatic carbocycles. The highest BCUT2D eigenvalue weighted by Crippen LogP contribution is 2.22. The zero-order valence-corrected chi connectivity index (χ0v) is 9.68. The zero-order valence-electron chi connectivity index (χ0n) is 8.86. The van der Waals surface area contributed by atoms with Crippen LogP contribution in [0.2, 0.25) is 0 Å². The summed E-state index contributed by atoms with van der Waals surface area (Å²) < 4.78 is 0. The Morgan fingerprint density at radius 1 is 1.21 bits per heavy atom. The van der Waals surface area contributed by atoms with Crippen molar-refractivity contribution >= 4 is 11.8 Å². The third kappa shape index (κ3) is 3.35. The Kier molecular flexibility index (Phi) is 5.05. The van der Waals surface area contributed by atoms with Gasteiger partial charge in [-0.25, -0.2) is 0 Å². The number of thioether (sulfide) groups is 1. The largest absolute Gasteiger partial charge is 0.388 e. The molecule has 0 saturated heterocycles. The molecule has 14 heavy (non-hydrogen) atoms. The van der Waals surface area contributed by atoms with Crippen molar-refractivity contribution in [3.63, 3.8) is 0 Å². The predicted octanol–water partition coefficient (Wildman–Crippen LogP) is 3.63. The summed E-state index contributed by atoms with van der Waals surface area (Å²) >= 11 is 1.83. The molecule has 0 aliphatic rings. The molecule has 0 fully saturated rings. The van der Waals surface area contributed by atoms with E-state index in [0.717, 1.165) is 24.2 Å². The maximum Gasteiger partial charge on any atom is 0.0790 e. The Bertz CT molecular complexity index is 256. The van der Waals surface area contributed by atoms with E-state index in [1.165, 1.54) is 4.90 Å². The lowest BCUT2D eigenvalue weighted by Crippen LogP contribution is -1.95. The van der Waals surface area contributed by atoms with Crippen LogP contribution in [0.3, 0.4) is 0 Å². The molecule has 0 heterocycles. The Morgan fingerprint density at radius 2 is 1.86 bits per heavy atom. The second kappa shape index (κ2) is 6.10. The van der Waals surface area contributed by atoms with Gasteiger partial charge in [0.15, 0.2) is 0 Å². The van der Waals surface area contributed by atoms with E-state index in [1.54, 1.807) is 0 Å². The summed E-state index contributed by atoms with van der Waals surface area (Å²) in [6.07, 6.45) is 1.58. The lowest BCUT2D eigenvalue weighted by atomic mass is 10.1. The van der Waals surface area contributed by atoms with Gasteiger partial charge >= 0.3 is 0 Å². The van der Waals surface area contributed by atoms with Gasteiger partial charge in [0.25, 0.3) is 0 Å². The number of benzene rings is 1. The van der Waals surface area contributed by atoms with Gasteiger partial charge in [-0.05, 0) is 29.9 Å².